The lowest BCUT2D eigenvalue weighted by molar-refractivity contribution is -0.947. The first-order valence-electron chi connectivity index (χ1n) is 9.61. The zero-order chi connectivity index (χ0) is 18.1. The molecule has 5 nitrogen and oxygen atoms in total. The number of fused-ring (bicyclic) bond motifs is 2. The van der Waals surface area contributed by atoms with Crippen LogP contribution in [0.4, 0.5) is 0 Å². The number of piperidine rings is 2. The van der Waals surface area contributed by atoms with Gasteiger partial charge in [0, 0.05) is 17.7 Å². The Labute approximate surface area is 176 Å². The molecule has 0 amide bonds. The summed E-state index contributed by atoms with van der Waals surface area (Å²) in [5.41, 5.74) is -0.160. The van der Waals surface area contributed by atoms with Gasteiger partial charge in [0.25, 0.3) is 0 Å². The molecule has 146 valence electrons. The van der Waals surface area contributed by atoms with Crippen molar-refractivity contribution in [2.24, 2.45) is 5.92 Å². The number of carbonyl (C=O) groups excluding carboxylic acids is 1. The van der Waals surface area contributed by atoms with Gasteiger partial charge in [-0.3, -0.25) is 0 Å². The molecule has 27 heavy (non-hydrogen) atoms. The number of ether oxygens (including phenoxy) is 1. The average molecular weight is 483 g/mol. The monoisotopic (exact) mass is 483 g/mol. The quantitative estimate of drug-likeness (QED) is 0.274. The Morgan fingerprint density at radius 1 is 1.19 bits per heavy atom. The van der Waals surface area contributed by atoms with E-state index in [0.717, 1.165) is 16.3 Å². The number of hydrogen-bond donors (Lipinski definition) is 0. The molecule has 1 unspecified atom stereocenters. The molecular weight excluding hydrogens is 457 g/mol. The molecule has 0 radical (unpaired) electrons. The number of hydrogen-bond acceptors (Lipinski definition) is 4. The maximum absolute atomic E-state index is 12.5. The molecule has 3 atom stereocenters. The molecule has 3 heterocycles. The van der Waals surface area contributed by atoms with Crippen LogP contribution in [-0.4, -0.2) is 43.2 Å². The summed E-state index contributed by atoms with van der Waals surface area (Å²) in [4.78, 5) is 24.6. The molecule has 1 aromatic carbocycles. The predicted molar refractivity (Wildman–Crippen MR) is 99.0 cm³/mol. The van der Waals surface area contributed by atoms with Crippen LogP contribution in [-0.2, 0) is 4.74 Å². The van der Waals surface area contributed by atoms with Gasteiger partial charge >= 0.3 is 11.6 Å². The zero-order valence-corrected chi connectivity index (χ0v) is 17.8. The lowest BCUT2D eigenvalue weighted by Crippen LogP contribution is -3.00. The number of quaternary nitrogens is 1. The summed E-state index contributed by atoms with van der Waals surface area (Å²) in [6, 6.07) is 9.33. The average Bonchev–Trinajstić information content (AvgIpc) is 2.64. The summed E-state index contributed by atoms with van der Waals surface area (Å²) in [7, 11) is 2.34. The Kier molecular flexibility index (Phi) is 6.25. The highest BCUT2D eigenvalue weighted by Gasteiger charge is 2.43. The van der Waals surface area contributed by atoms with E-state index < -0.39 is 11.6 Å². The third-order valence-electron chi connectivity index (χ3n) is 6.30. The third kappa shape index (κ3) is 4.06. The van der Waals surface area contributed by atoms with Gasteiger partial charge in [0.05, 0.1) is 26.2 Å². The maximum Gasteiger partial charge on any atom is 0.351 e. The number of esters is 1. The van der Waals surface area contributed by atoms with Crippen molar-refractivity contribution in [3.63, 3.8) is 0 Å². The van der Waals surface area contributed by atoms with Crippen LogP contribution >= 0.6 is 0 Å². The minimum Gasteiger partial charge on any atom is -1.00 e. The van der Waals surface area contributed by atoms with Crippen molar-refractivity contribution in [3.8, 4) is 0 Å². The van der Waals surface area contributed by atoms with Gasteiger partial charge < -0.3 is 37.6 Å². The molecule has 2 aliphatic heterocycles. The molecule has 4 rings (SSSR count). The number of benzene rings is 1. The predicted octanol–water partition coefficient (Wildman–Crippen LogP) is 0.363. The lowest BCUT2D eigenvalue weighted by atomic mass is 9.82. The fraction of sp³-hybridized carbons (Fsp3) is 0.524. The van der Waals surface area contributed by atoms with Gasteiger partial charge in [-0.25, -0.2) is 9.59 Å². The minimum atomic E-state index is -0.629. The molecule has 2 aliphatic rings. The number of para-hydroxylation sites is 1. The topological polar surface area (TPSA) is 56.5 Å². The molecule has 2 fully saturated rings. The Morgan fingerprint density at radius 2 is 1.96 bits per heavy atom. The fourth-order valence-corrected chi connectivity index (χ4v) is 4.89. The highest BCUT2D eigenvalue weighted by Crippen LogP contribution is 2.36. The Balaban J connectivity index is 0.00000210. The molecule has 0 saturated carbocycles. The first-order valence-corrected chi connectivity index (χ1v) is 9.61. The summed E-state index contributed by atoms with van der Waals surface area (Å²) in [6.45, 7) is 2.84. The largest absolute Gasteiger partial charge is 1.00 e. The highest BCUT2D eigenvalue weighted by atomic mass is 127. The van der Waals surface area contributed by atoms with Crippen LogP contribution in [0.3, 0.4) is 0 Å². The summed E-state index contributed by atoms with van der Waals surface area (Å²) in [6.07, 6.45) is 6.02. The van der Waals surface area contributed by atoms with Crippen LogP contribution in [0.5, 0.6) is 0 Å². The van der Waals surface area contributed by atoms with Crippen LogP contribution in [0.15, 0.2) is 39.5 Å². The summed E-state index contributed by atoms with van der Waals surface area (Å²) < 4.78 is 11.9. The van der Waals surface area contributed by atoms with Gasteiger partial charge in [-0.05, 0) is 37.8 Å². The van der Waals surface area contributed by atoms with Crippen molar-refractivity contribution in [3.05, 3.63) is 46.3 Å². The maximum atomic E-state index is 12.5. The van der Waals surface area contributed by atoms with Crippen molar-refractivity contribution >= 4 is 16.9 Å². The van der Waals surface area contributed by atoms with Gasteiger partial charge in [-0.2, -0.15) is 0 Å². The van der Waals surface area contributed by atoms with Crippen LogP contribution in [0, 0.1) is 5.92 Å². The van der Waals surface area contributed by atoms with Crippen LogP contribution in [0.25, 0.3) is 11.0 Å². The number of halogens is 1. The van der Waals surface area contributed by atoms with E-state index in [0.29, 0.717) is 24.1 Å². The number of carbonyl (C=O) groups is 1. The Hall–Kier alpha value is -1.41. The SMILES string of the molecule is C[N+]12CCCC[C@H]1[C@@H](COC(=O)c1cc3ccccc3oc1=O)CCC2.[I-]. The van der Waals surface area contributed by atoms with Gasteiger partial charge in [-0.15, -0.1) is 0 Å². The van der Waals surface area contributed by atoms with Crippen molar-refractivity contribution < 1.29 is 42.4 Å². The Morgan fingerprint density at radius 3 is 2.81 bits per heavy atom. The second kappa shape index (κ2) is 8.31. The van der Waals surface area contributed by atoms with E-state index in [1.165, 1.54) is 38.8 Å². The molecule has 1 aromatic heterocycles. The van der Waals surface area contributed by atoms with Gasteiger partial charge in [0.2, 0.25) is 0 Å². The van der Waals surface area contributed by atoms with Crippen LogP contribution in [0.2, 0.25) is 0 Å². The summed E-state index contributed by atoms with van der Waals surface area (Å²) >= 11 is 0. The Bertz CT molecular complexity index is 876. The number of nitrogens with zero attached hydrogens (tertiary/aromatic N) is 1. The first-order chi connectivity index (χ1) is 12.6. The summed E-state index contributed by atoms with van der Waals surface area (Å²) in [5.74, 6) is -0.189. The molecule has 0 aliphatic carbocycles. The van der Waals surface area contributed by atoms with E-state index in [9.17, 15) is 9.59 Å². The molecular formula is C21H26INO4. The van der Waals surface area contributed by atoms with Crippen molar-refractivity contribution in [1.29, 1.82) is 0 Å². The molecule has 2 saturated heterocycles. The smallest absolute Gasteiger partial charge is 0.351 e. The second-order valence-corrected chi connectivity index (χ2v) is 7.98. The van der Waals surface area contributed by atoms with E-state index in [1.54, 1.807) is 18.2 Å². The van der Waals surface area contributed by atoms with Crippen molar-refractivity contribution in [1.82, 2.24) is 0 Å². The summed E-state index contributed by atoms with van der Waals surface area (Å²) in [5, 5.41) is 0.730. The van der Waals surface area contributed by atoms with Gasteiger partial charge in [0.1, 0.15) is 17.8 Å². The molecule has 0 N–H and O–H groups in total. The molecule has 2 aromatic rings. The molecule has 6 heteroatoms. The normalized spacial score (nSPS) is 27.4. The van der Waals surface area contributed by atoms with Crippen molar-refractivity contribution in [2.75, 3.05) is 26.7 Å². The molecule has 0 spiro atoms. The van der Waals surface area contributed by atoms with E-state index in [1.807, 2.05) is 12.1 Å². The first kappa shape index (κ1) is 20.3. The zero-order valence-electron chi connectivity index (χ0n) is 15.7. The van der Waals surface area contributed by atoms with E-state index >= 15 is 0 Å². The highest BCUT2D eigenvalue weighted by molar-refractivity contribution is 5.92. The minimum absolute atomic E-state index is 0. The van der Waals surface area contributed by atoms with E-state index in [2.05, 4.69) is 7.05 Å². The van der Waals surface area contributed by atoms with E-state index in [-0.39, 0.29) is 29.5 Å². The third-order valence-corrected chi connectivity index (χ3v) is 6.30. The van der Waals surface area contributed by atoms with Gasteiger partial charge in [-0.1, -0.05) is 18.2 Å². The second-order valence-electron chi connectivity index (χ2n) is 7.98. The van der Waals surface area contributed by atoms with Crippen LogP contribution < -0.4 is 29.6 Å². The standard InChI is InChI=1S/C21H26NO4.HI/c1-22-11-5-4-9-18(22)16(8-6-12-22)14-25-20(23)17-13-15-7-2-3-10-19(15)26-21(17)24;/h2-3,7,10,13,16,18H,4-6,8-9,11-12,14H2,1H3;1H/q+1;/p-1/t16-,18+,22?;/m1./s1. The molecule has 0 bridgehead atoms. The van der Waals surface area contributed by atoms with E-state index in [4.69, 9.17) is 9.15 Å². The lowest BCUT2D eigenvalue weighted by Gasteiger charge is -2.51. The van der Waals surface area contributed by atoms with Crippen LogP contribution in [0.1, 0.15) is 42.5 Å². The van der Waals surface area contributed by atoms with Crippen molar-refractivity contribution in [2.45, 2.75) is 38.1 Å². The fourth-order valence-electron chi connectivity index (χ4n) is 4.89. The number of rotatable bonds is 3. The van der Waals surface area contributed by atoms with Gasteiger partial charge in [0.15, 0.2) is 0 Å².